The first-order chi connectivity index (χ1) is 11.1. The molecule has 0 radical (unpaired) electrons. The number of hydrogen-bond acceptors (Lipinski definition) is 4. The average Bonchev–Trinajstić information content (AvgIpc) is 2.53. The molecule has 118 valence electrons. The van der Waals surface area contributed by atoms with Crippen LogP contribution in [-0.2, 0) is 11.2 Å². The van der Waals surface area contributed by atoms with Crippen LogP contribution >= 0.6 is 23.2 Å². The summed E-state index contributed by atoms with van der Waals surface area (Å²) in [5, 5.41) is 11.2. The number of carbonyl (C=O) groups excluding carboxylic acids is 1. The van der Waals surface area contributed by atoms with Crippen molar-refractivity contribution in [2.24, 2.45) is 5.10 Å². The predicted octanol–water partition coefficient (Wildman–Crippen LogP) is 3.31. The predicted molar refractivity (Wildman–Crippen MR) is 93.5 cm³/mol. The third-order valence-electron chi connectivity index (χ3n) is 3.34. The normalized spacial score (nSPS) is 13.8. The second-order valence-electron chi connectivity index (χ2n) is 5.00. The Morgan fingerprint density at radius 3 is 2.57 bits per heavy atom. The second-order valence-corrected chi connectivity index (χ2v) is 5.81. The maximum Gasteiger partial charge on any atom is 0.246 e. The van der Waals surface area contributed by atoms with Crippen LogP contribution in [0.4, 0.5) is 11.4 Å². The standard InChI is InChI=1S/C16H14Cl2N4O/c17-11-5-3-6-12(18)16(11)20-13-7-2-1-4-10(13)8-14-21-15(23)9-19-22-14/h1-7,19-20H,8-9H2,(H,21,22,23). The summed E-state index contributed by atoms with van der Waals surface area (Å²) in [6.07, 6.45) is 0.476. The largest absolute Gasteiger partial charge is 0.353 e. The van der Waals surface area contributed by atoms with Crippen molar-refractivity contribution in [3.05, 3.63) is 58.1 Å². The summed E-state index contributed by atoms with van der Waals surface area (Å²) >= 11 is 12.4. The van der Waals surface area contributed by atoms with Crippen LogP contribution in [0.5, 0.6) is 0 Å². The molecule has 7 heteroatoms. The van der Waals surface area contributed by atoms with E-state index in [0.29, 0.717) is 28.0 Å². The van der Waals surface area contributed by atoms with Crippen molar-refractivity contribution in [1.82, 2.24) is 10.7 Å². The molecule has 0 bridgehead atoms. The lowest BCUT2D eigenvalue weighted by atomic mass is 10.1. The van der Waals surface area contributed by atoms with Crippen LogP contribution in [0.15, 0.2) is 47.6 Å². The Morgan fingerprint density at radius 1 is 1.09 bits per heavy atom. The molecule has 1 heterocycles. The first-order valence-corrected chi connectivity index (χ1v) is 7.77. The van der Waals surface area contributed by atoms with Crippen LogP contribution < -0.4 is 16.1 Å². The molecule has 0 atom stereocenters. The van der Waals surface area contributed by atoms with Crippen LogP contribution in [0, 0.1) is 0 Å². The van der Waals surface area contributed by atoms with E-state index in [0.717, 1.165) is 11.3 Å². The minimum Gasteiger partial charge on any atom is -0.353 e. The van der Waals surface area contributed by atoms with E-state index in [1.54, 1.807) is 18.2 Å². The van der Waals surface area contributed by atoms with E-state index in [9.17, 15) is 4.79 Å². The van der Waals surface area contributed by atoms with Crippen molar-refractivity contribution in [3.8, 4) is 0 Å². The fourth-order valence-electron chi connectivity index (χ4n) is 2.25. The fraction of sp³-hybridized carbons (Fsp3) is 0.125. The van der Waals surface area contributed by atoms with Crippen molar-refractivity contribution in [1.29, 1.82) is 0 Å². The number of para-hydroxylation sites is 2. The van der Waals surface area contributed by atoms with E-state index in [-0.39, 0.29) is 12.5 Å². The lowest BCUT2D eigenvalue weighted by Crippen LogP contribution is -2.43. The number of rotatable bonds is 4. The molecule has 23 heavy (non-hydrogen) atoms. The van der Waals surface area contributed by atoms with Gasteiger partial charge in [-0.1, -0.05) is 47.5 Å². The first-order valence-electron chi connectivity index (χ1n) is 7.01. The van der Waals surface area contributed by atoms with E-state index in [1.165, 1.54) is 0 Å². The van der Waals surface area contributed by atoms with E-state index < -0.39 is 0 Å². The molecule has 0 aliphatic carbocycles. The van der Waals surface area contributed by atoms with Crippen molar-refractivity contribution >= 4 is 46.3 Å². The minimum atomic E-state index is -0.102. The summed E-state index contributed by atoms with van der Waals surface area (Å²) in [5.41, 5.74) is 5.17. The van der Waals surface area contributed by atoms with Gasteiger partial charge in [-0.2, -0.15) is 5.10 Å². The number of hydrazone groups is 1. The fourth-order valence-corrected chi connectivity index (χ4v) is 2.74. The van der Waals surface area contributed by atoms with Crippen LogP contribution in [0.1, 0.15) is 5.56 Å². The zero-order valence-corrected chi connectivity index (χ0v) is 13.6. The van der Waals surface area contributed by atoms with Gasteiger partial charge >= 0.3 is 0 Å². The molecule has 1 aliphatic heterocycles. The van der Waals surface area contributed by atoms with E-state index in [1.807, 2.05) is 24.3 Å². The van der Waals surface area contributed by atoms with Gasteiger partial charge in [-0.15, -0.1) is 0 Å². The monoisotopic (exact) mass is 348 g/mol. The Balaban J connectivity index is 1.86. The molecule has 0 spiro atoms. The molecule has 0 saturated carbocycles. The SMILES string of the molecule is O=C1CNN=C(Cc2ccccc2Nc2c(Cl)cccc2Cl)N1. The van der Waals surface area contributed by atoms with Gasteiger partial charge in [0.25, 0.3) is 0 Å². The average molecular weight is 349 g/mol. The van der Waals surface area contributed by atoms with Gasteiger partial charge in [0.05, 0.1) is 15.7 Å². The molecule has 0 unspecified atom stereocenters. The Kier molecular flexibility index (Phi) is 4.69. The van der Waals surface area contributed by atoms with Gasteiger partial charge in [-0.25, -0.2) is 0 Å². The molecule has 0 saturated heterocycles. The molecule has 1 aliphatic rings. The summed E-state index contributed by atoms with van der Waals surface area (Å²) in [6, 6.07) is 13.1. The van der Waals surface area contributed by atoms with Gasteiger partial charge < -0.3 is 10.6 Å². The number of nitrogens with zero attached hydrogens (tertiary/aromatic N) is 1. The van der Waals surface area contributed by atoms with Gasteiger partial charge in [0.2, 0.25) is 5.91 Å². The molecule has 2 aromatic carbocycles. The van der Waals surface area contributed by atoms with E-state index >= 15 is 0 Å². The van der Waals surface area contributed by atoms with Crippen LogP contribution in [-0.4, -0.2) is 18.3 Å². The van der Waals surface area contributed by atoms with Crippen LogP contribution in [0.2, 0.25) is 10.0 Å². The first kappa shape index (κ1) is 15.6. The Morgan fingerprint density at radius 2 is 1.83 bits per heavy atom. The number of halogens is 2. The Hall–Kier alpha value is -2.24. The van der Waals surface area contributed by atoms with Gasteiger partial charge in [-0.05, 0) is 23.8 Å². The topological polar surface area (TPSA) is 65.5 Å². The van der Waals surface area contributed by atoms with Crippen molar-refractivity contribution in [2.75, 3.05) is 11.9 Å². The van der Waals surface area contributed by atoms with Gasteiger partial charge in [0, 0.05) is 12.1 Å². The van der Waals surface area contributed by atoms with E-state index in [4.69, 9.17) is 23.2 Å². The molecule has 3 rings (SSSR count). The summed E-state index contributed by atoms with van der Waals surface area (Å²) in [7, 11) is 0. The third-order valence-corrected chi connectivity index (χ3v) is 3.96. The quantitative estimate of drug-likeness (QED) is 0.793. The van der Waals surface area contributed by atoms with Gasteiger partial charge in [0.15, 0.2) is 0 Å². The zero-order valence-electron chi connectivity index (χ0n) is 12.1. The van der Waals surface area contributed by atoms with Crippen molar-refractivity contribution < 1.29 is 4.79 Å². The van der Waals surface area contributed by atoms with Crippen LogP contribution in [0.25, 0.3) is 0 Å². The molecular formula is C16H14Cl2N4O. The summed E-state index contributed by atoms with van der Waals surface area (Å²) in [4.78, 5) is 11.4. The number of carbonyl (C=O) groups is 1. The van der Waals surface area contributed by atoms with Gasteiger partial charge in [0.1, 0.15) is 12.4 Å². The number of hydrogen-bond donors (Lipinski definition) is 3. The molecule has 0 fully saturated rings. The zero-order chi connectivity index (χ0) is 16.2. The maximum absolute atomic E-state index is 11.4. The van der Waals surface area contributed by atoms with Crippen molar-refractivity contribution in [2.45, 2.75) is 6.42 Å². The highest BCUT2D eigenvalue weighted by Gasteiger charge is 2.14. The van der Waals surface area contributed by atoms with E-state index in [2.05, 4.69) is 21.2 Å². The van der Waals surface area contributed by atoms with Crippen LogP contribution in [0.3, 0.4) is 0 Å². The smallest absolute Gasteiger partial charge is 0.246 e. The second kappa shape index (κ2) is 6.89. The number of nitrogens with one attached hydrogen (secondary N) is 3. The molecule has 1 amide bonds. The minimum absolute atomic E-state index is 0.102. The highest BCUT2D eigenvalue weighted by Crippen LogP contribution is 2.33. The molecule has 5 nitrogen and oxygen atoms in total. The summed E-state index contributed by atoms with van der Waals surface area (Å²) in [5.74, 6) is 0.468. The number of anilines is 2. The molecule has 2 aromatic rings. The number of amidine groups is 1. The Labute approximate surface area is 143 Å². The summed E-state index contributed by atoms with van der Waals surface area (Å²) in [6.45, 7) is 0.193. The molecular weight excluding hydrogens is 335 g/mol. The lowest BCUT2D eigenvalue weighted by Gasteiger charge is -2.17. The highest BCUT2D eigenvalue weighted by molar-refractivity contribution is 6.39. The molecule has 0 aromatic heterocycles. The maximum atomic E-state index is 11.4. The summed E-state index contributed by atoms with van der Waals surface area (Å²) < 4.78 is 0. The van der Waals surface area contributed by atoms with Gasteiger partial charge in [-0.3, -0.25) is 10.2 Å². The number of amides is 1. The lowest BCUT2D eigenvalue weighted by molar-refractivity contribution is -0.119. The number of benzene rings is 2. The third kappa shape index (κ3) is 3.75. The Bertz CT molecular complexity index is 756. The van der Waals surface area contributed by atoms with Crippen molar-refractivity contribution in [3.63, 3.8) is 0 Å². The highest BCUT2D eigenvalue weighted by atomic mass is 35.5. The molecule has 3 N–H and O–H groups in total.